The molecule has 1 saturated carbocycles. The third kappa shape index (κ3) is 2.59. The van der Waals surface area contributed by atoms with Crippen molar-refractivity contribution in [3.63, 3.8) is 0 Å². The fourth-order valence-electron chi connectivity index (χ4n) is 4.06. The van der Waals surface area contributed by atoms with Crippen molar-refractivity contribution in [2.24, 2.45) is 16.7 Å². The van der Waals surface area contributed by atoms with E-state index in [2.05, 4.69) is 27.4 Å². The van der Waals surface area contributed by atoms with Crippen LogP contribution in [-0.2, 0) is 9.53 Å². The zero-order valence-electron chi connectivity index (χ0n) is 12.7. The molecule has 2 rings (SSSR count). The molecule has 0 aromatic heterocycles. The van der Waals surface area contributed by atoms with Gasteiger partial charge in [-0.15, -0.1) is 6.58 Å². The Kier molecular flexibility index (Phi) is 4.08. The minimum absolute atomic E-state index is 0.00198. The standard InChI is InChI=1S/C17H28O2/c1-5-7-10-16(3)11-8-13-14(12-16)19-15(18)17(13,4)9-6-2/h6,13-14H,2,5,7-12H2,1,3-4H3. The maximum absolute atomic E-state index is 12.2. The highest BCUT2D eigenvalue weighted by Crippen LogP contribution is 2.54. The number of hydrogen-bond donors (Lipinski definition) is 0. The summed E-state index contributed by atoms with van der Waals surface area (Å²) in [6.45, 7) is 10.5. The predicted octanol–water partition coefficient (Wildman–Crippen LogP) is 4.49. The lowest BCUT2D eigenvalue weighted by atomic mass is 9.61. The fourth-order valence-corrected chi connectivity index (χ4v) is 4.06. The van der Waals surface area contributed by atoms with E-state index in [9.17, 15) is 4.79 Å². The fraction of sp³-hybridized carbons (Fsp3) is 0.824. The van der Waals surface area contributed by atoms with Gasteiger partial charge in [0.05, 0.1) is 5.41 Å². The first-order valence-corrected chi connectivity index (χ1v) is 7.77. The molecule has 0 aromatic carbocycles. The average molecular weight is 264 g/mol. The van der Waals surface area contributed by atoms with E-state index in [0.717, 1.165) is 19.3 Å². The molecule has 2 aliphatic rings. The molecule has 0 aromatic rings. The topological polar surface area (TPSA) is 26.3 Å². The van der Waals surface area contributed by atoms with E-state index in [1.54, 1.807) is 0 Å². The van der Waals surface area contributed by atoms with Gasteiger partial charge in [-0.1, -0.05) is 32.8 Å². The minimum atomic E-state index is -0.321. The van der Waals surface area contributed by atoms with Crippen molar-refractivity contribution >= 4 is 5.97 Å². The van der Waals surface area contributed by atoms with Gasteiger partial charge in [0.1, 0.15) is 6.10 Å². The van der Waals surface area contributed by atoms with E-state index in [1.165, 1.54) is 25.7 Å². The van der Waals surface area contributed by atoms with Gasteiger partial charge in [-0.2, -0.15) is 0 Å². The summed E-state index contributed by atoms with van der Waals surface area (Å²) in [6, 6.07) is 0. The average Bonchev–Trinajstić information content (AvgIpc) is 2.59. The molecule has 2 nitrogen and oxygen atoms in total. The third-order valence-electron chi connectivity index (χ3n) is 5.45. The maximum Gasteiger partial charge on any atom is 0.312 e. The lowest BCUT2D eigenvalue weighted by Gasteiger charge is -2.41. The van der Waals surface area contributed by atoms with Crippen molar-refractivity contribution in [3.05, 3.63) is 12.7 Å². The normalized spacial score (nSPS) is 41.7. The van der Waals surface area contributed by atoms with E-state index in [4.69, 9.17) is 4.74 Å². The number of allylic oxidation sites excluding steroid dienone is 1. The number of carbonyl (C=O) groups is 1. The van der Waals surface area contributed by atoms with Crippen molar-refractivity contribution in [1.29, 1.82) is 0 Å². The molecule has 0 amide bonds. The summed E-state index contributed by atoms with van der Waals surface area (Å²) >= 11 is 0. The maximum atomic E-state index is 12.2. The number of unbranched alkanes of at least 4 members (excludes halogenated alkanes) is 1. The van der Waals surface area contributed by atoms with Crippen LogP contribution in [-0.4, -0.2) is 12.1 Å². The zero-order chi connectivity index (χ0) is 14.1. The second-order valence-corrected chi connectivity index (χ2v) is 7.12. The quantitative estimate of drug-likeness (QED) is 0.540. The molecule has 0 spiro atoms. The number of rotatable bonds is 5. The van der Waals surface area contributed by atoms with Crippen LogP contribution in [0.5, 0.6) is 0 Å². The molecule has 4 unspecified atom stereocenters. The Bertz CT molecular complexity index is 362. The summed E-state index contributed by atoms with van der Waals surface area (Å²) in [4.78, 5) is 12.2. The molecule has 0 N–H and O–H groups in total. The van der Waals surface area contributed by atoms with Crippen molar-refractivity contribution in [3.8, 4) is 0 Å². The molecule has 4 atom stereocenters. The Hall–Kier alpha value is -0.790. The van der Waals surface area contributed by atoms with E-state index in [0.29, 0.717) is 11.3 Å². The van der Waals surface area contributed by atoms with E-state index < -0.39 is 0 Å². The van der Waals surface area contributed by atoms with E-state index in [-0.39, 0.29) is 17.5 Å². The van der Waals surface area contributed by atoms with Crippen molar-refractivity contribution in [2.75, 3.05) is 0 Å². The predicted molar refractivity (Wildman–Crippen MR) is 77.8 cm³/mol. The number of hydrogen-bond acceptors (Lipinski definition) is 2. The molecular weight excluding hydrogens is 236 g/mol. The molecule has 19 heavy (non-hydrogen) atoms. The third-order valence-corrected chi connectivity index (χ3v) is 5.45. The second kappa shape index (κ2) is 5.30. The monoisotopic (exact) mass is 264 g/mol. The van der Waals surface area contributed by atoms with Crippen LogP contribution in [0.2, 0.25) is 0 Å². The number of esters is 1. The first kappa shape index (κ1) is 14.6. The summed E-state index contributed by atoms with van der Waals surface area (Å²) in [5.41, 5.74) is 0.0510. The molecule has 1 aliphatic carbocycles. The van der Waals surface area contributed by atoms with Crippen molar-refractivity contribution in [2.45, 2.75) is 71.8 Å². The summed E-state index contributed by atoms with van der Waals surface area (Å²) < 4.78 is 5.72. The van der Waals surface area contributed by atoms with Crippen LogP contribution in [0.25, 0.3) is 0 Å². The number of carbonyl (C=O) groups excluding carboxylic acids is 1. The smallest absolute Gasteiger partial charge is 0.312 e. The highest BCUT2D eigenvalue weighted by molar-refractivity contribution is 5.79. The molecule has 108 valence electrons. The Labute approximate surface area is 117 Å². The van der Waals surface area contributed by atoms with Crippen LogP contribution in [0.4, 0.5) is 0 Å². The van der Waals surface area contributed by atoms with Gasteiger partial charge in [0.25, 0.3) is 0 Å². The van der Waals surface area contributed by atoms with Gasteiger partial charge in [0.15, 0.2) is 0 Å². The number of ether oxygens (including phenoxy) is 1. The van der Waals surface area contributed by atoms with Gasteiger partial charge >= 0.3 is 5.97 Å². The van der Waals surface area contributed by atoms with Crippen LogP contribution < -0.4 is 0 Å². The largest absolute Gasteiger partial charge is 0.462 e. The van der Waals surface area contributed by atoms with Crippen molar-refractivity contribution < 1.29 is 9.53 Å². The molecule has 2 fully saturated rings. The highest BCUT2D eigenvalue weighted by Gasteiger charge is 2.56. The summed E-state index contributed by atoms with van der Waals surface area (Å²) in [5, 5.41) is 0. The van der Waals surface area contributed by atoms with Crippen LogP contribution in [0.3, 0.4) is 0 Å². The number of fused-ring (bicyclic) bond motifs is 1. The molecule has 1 aliphatic heterocycles. The second-order valence-electron chi connectivity index (χ2n) is 7.12. The van der Waals surface area contributed by atoms with Gasteiger partial charge < -0.3 is 4.74 Å². The summed E-state index contributed by atoms with van der Waals surface area (Å²) in [5.74, 6) is 0.398. The van der Waals surface area contributed by atoms with Crippen LogP contribution in [0.1, 0.15) is 65.7 Å². The van der Waals surface area contributed by atoms with Crippen molar-refractivity contribution in [1.82, 2.24) is 0 Å². The Morgan fingerprint density at radius 1 is 1.47 bits per heavy atom. The molecule has 1 heterocycles. The zero-order valence-corrected chi connectivity index (χ0v) is 12.7. The van der Waals surface area contributed by atoms with Crippen LogP contribution >= 0.6 is 0 Å². The lowest BCUT2D eigenvalue weighted by molar-refractivity contribution is -0.148. The van der Waals surface area contributed by atoms with E-state index >= 15 is 0 Å². The molecule has 0 radical (unpaired) electrons. The van der Waals surface area contributed by atoms with Crippen LogP contribution in [0, 0.1) is 16.7 Å². The van der Waals surface area contributed by atoms with Gasteiger partial charge in [-0.3, -0.25) is 4.79 Å². The minimum Gasteiger partial charge on any atom is -0.462 e. The first-order chi connectivity index (χ1) is 8.95. The van der Waals surface area contributed by atoms with Crippen LogP contribution in [0.15, 0.2) is 12.7 Å². The Morgan fingerprint density at radius 3 is 2.84 bits per heavy atom. The SMILES string of the molecule is C=CCC1(C)C(=O)OC2CC(C)(CCCC)CCC21. The molecule has 2 heteroatoms. The van der Waals surface area contributed by atoms with Gasteiger partial charge in [0.2, 0.25) is 0 Å². The summed E-state index contributed by atoms with van der Waals surface area (Å²) in [6.07, 6.45) is 9.97. The summed E-state index contributed by atoms with van der Waals surface area (Å²) in [7, 11) is 0. The lowest BCUT2D eigenvalue weighted by Crippen LogP contribution is -2.38. The van der Waals surface area contributed by atoms with Gasteiger partial charge in [0, 0.05) is 5.92 Å². The Morgan fingerprint density at radius 2 is 2.21 bits per heavy atom. The Balaban J connectivity index is 2.09. The first-order valence-electron chi connectivity index (χ1n) is 7.77. The van der Waals surface area contributed by atoms with E-state index in [1.807, 2.05) is 6.08 Å². The molecule has 0 bridgehead atoms. The molecular formula is C17H28O2. The molecule has 1 saturated heterocycles. The van der Waals surface area contributed by atoms with Gasteiger partial charge in [-0.25, -0.2) is 0 Å². The van der Waals surface area contributed by atoms with Gasteiger partial charge in [-0.05, 0) is 44.4 Å². The highest BCUT2D eigenvalue weighted by atomic mass is 16.6.